The van der Waals surface area contributed by atoms with Crippen molar-refractivity contribution in [1.29, 1.82) is 0 Å². The van der Waals surface area contributed by atoms with Crippen LogP contribution in [0.5, 0.6) is 0 Å². The summed E-state index contributed by atoms with van der Waals surface area (Å²) in [6.45, 7) is 1.94. The molecule has 0 unspecified atom stereocenters. The maximum atomic E-state index is 13.6. The van der Waals surface area contributed by atoms with Crippen molar-refractivity contribution < 1.29 is 4.39 Å². The fraction of sp³-hybridized carbons (Fsp3) is 0.154. The third kappa shape index (κ3) is 2.03. The molecule has 1 aromatic carbocycles. The molecule has 0 aliphatic heterocycles. The fourth-order valence-electron chi connectivity index (χ4n) is 1.56. The standard InChI is InChI=1S/C13H13FN2/c1-9-6-7-11(14)10(8-9)12-4-3-5-13(15-2)16-12/h3-8H,1-2H3,(H,15,16). The lowest BCUT2D eigenvalue weighted by Gasteiger charge is -2.06. The molecule has 0 atom stereocenters. The summed E-state index contributed by atoms with van der Waals surface area (Å²) in [5.74, 6) is 0.491. The van der Waals surface area contributed by atoms with Crippen LogP contribution in [0.15, 0.2) is 36.4 Å². The normalized spacial score (nSPS) is 10.2. The molecule has 1 N–H and O–H groups in total. The SMILES string of the molecule is CNc1cccc(-c2cc(C)ccc2F)n1. The average molecular weight is 216 g/mol. The summed E-state index contributed by atoms with van der Waals surface area (Å²) in [6.07, 6.45) is 0. The lowest BCUT2D eigenvalue weighted by atomic mass is 10.1. The Hall–Kier alpha value is -1.90. The fourth-order valence-corrected chi connectivity index (χ4v) is 1.56. The molecule has 0 amide bonds. The summed E-state index contributed by atoms with van der Waals surface area (Å²) in [6, 6.07) is 10.5. The van der Waals surface area contributed by atoms with E-state index in [4.69, 9.17) is 0 Å². The molecule has 0 aliphatic carbocycles. The first kappa shape index (κ1) is 10.6. The van der Waals surface area contributed by atoms with Crippen LogP contribution in [0.3, 0.4) is 0 Å². The molecule has 3 heteroatoms. The number of nitrogens with zero attached hydrogens (tertiary/aromatic N) is 1. The molecule has 0 fully saturated rings. The van der Waals surface area contributed by atoms with Crippen LogP contribution in [0.2, 0.25) is 0 Å². The van der Waals surface area contributed by atoms with Gasteiger partial charge in [-0.1, -0.05) is 17.7 Å². The van der Waals surface area contributed by atoms with Crippen LogP contribution in [0.25, 0.3) is 11.3 Å². The van der Waals surface area contributed by atoms with Gasteiger partial charge in [0.25, 0.3) is 0 Å². The van der Waals surface area contributed by atoms with Crippen LogP contribution in [0.4, 0.5) is 10.2 Å². The molecule has 0 saturated heterocycles. The number of hydrogen-bond acceptors (Lipinski definition) is 2. The van der Waals surface area contributed by atoms with Gasteiger partial charge in [-0.25, -0.2) is 9.37 Å². The van der Waals surface area contributed by atoms with Gasteiger partial charge < -0.3 is 5.32 Å². The highest BCUT2D eigenvalue weighted by molar-refractivity contribution is 5.62. The summed E-state index contributed by atoms with van der Waals surface area (Å²) in [5.41, 5.74) is 2.21. The van der Waals surface area contributed by atoms with Gasteiger partial charge in [0.2, 0.25) is 0 Å². The van der Waals surface area contributed by atoms with Crippen molar-refractivity contribution in [2.45, 2.75) is 6.92 Å². The zero-order chi connectivity index (χ0) is 11.5. The first-order chi connectivity index (χ1) is 7.70. The van der Waals surface area contributed by atoms with E-state index in [2.05, 4.69) is 10.3 Å². The Labute approximate surface area is 94.2 Å². The second-order valence-electron chi connectivity index (χ2n) is 3.64. The van der Waals surface area contributed by atoms with Crippen molar-refractivity contribution in [3.63, 3.8) is 0 Å². The Balaban J connectivity index is 2.53. The van der Waals surface area contributed by atoms with Gasteiger partial charge in [-0.2, -0.15) is 0 Å². The first-order valence-electron chi connectivity index (χ1n) is 5.12. The topological polar surface area (TPSA) is 24.9 Å². The van der Waals surface area contributed by atoms with E-state index >= 15 is 0 Å². The van der Waals surface area contributed by atoms with Crippen molar-refractivity contribution in [2.75, 3.05) is 12.4 Å². The number of anilines is 1. The number of aryl methyl sites for hydroxylation is 1. The van der Waals surface area contributed by atoms with E-state index in [1.807, 2.05) is 19.1 Å². The number of aromatic nitrogens is 1. The van der Waals surface area contributed by atoms with Crippen molar-refractivity contribution in [3.05, 3.63) is 47.8 Å². The zero-order valence-corrected chi connectivity index (χ0v) is 9.29. The van der Waals surface area contributed by atoms with Crippen molar-refractivity contribution in [2.24, 2.45) is 0 Å². The molecule has 0 radical (unpaired) electrons. The van der Waals surface area contributed by atoms with E-state index in [9.17, 15) is 4.39 Å². The lowest BCUT2D eigenvalue weighted by molar-refractivity contribution is 0.630. The van der Waals surface area contributed by atoms with E-state index in [1.54, 1.807) is 25.2 Å². The van der Waals surface area contributed by atoms with Crippen LogP contribution >= 0.6 is 0 Å². The van der Waals surface area contributed by atoms with Gasteiger partial charge in [-0.3, -0.25) is 0 Å². The number of pyridine rings is 1. The molecule has 0 spiro atoms. The van der Waals surface area contributed by atoms with Gasteiger partial charge in [0, 0.05) is 12.6 Å². The zero-order valence-electron chi connectivity index (χ0n) is 9.29. The van der Waals surface area contributed by atoms with Gasteiger partial charge in [-0.05, 0) is 31.2 Å². The monoisotopic (exact) mass is 216 g/mol. The smallest absolute Gasteiger partial charge is 0.132 e. The highest BCUT2D eigenvalue weighted by Crippen LogP contribution is 2.23. The minimum absolute atomic E-state index is 0.244. The maximum absolute atomic E-state index is 13.6. The van der Waals surface area contributed by atoms with Crippen LogP contribution in [0.1, 0.15) is 5.56 Å². The van der Waals surface area contributed by atoms with Crippen LogP contribution < -0.4 is 5.32 Å². The average Bonchev–Trinajstić information content (AvgIpc) is 2.32. The lowest BCUT2D eigenvalue weighted by Crippen LogP contribution is -1.94. The van der Waals surface area contributed by atoms with Crippen molar-refractivity contribution in [1.82, 2.24) is 4.98 Å². The molecule has 2 rings (SSSR count). The number of nitrogens with one attached hydrogen (secondary N) is 1. The van der Waals surface area contributed by atoms with E-state index < -0.39 is 0 Å². The number of hydrogen-bond donors (Lipinski definition) is 1. The second kappa shape index (κ2) is 4.31. The minimum Gasteiger partial charge on any atom is -0.373 e. The van der Waals surface area contributed by atoms with E-state index in [-0.39, 0.29) is 5.82 Å². The highest BCUT2D eigenvalue weighted by atomic mass is 19.1. The quantitative estimate of drug-likeness (QED) is 0.833. The molecule has 0 aliphatic rings. The summed E-state index contributed by atoms with van der Waals surface area (Å²) in [7, 11) is 1.79. The van der Waals surface area contributed by atoms with Crippen LogP contribution in [-0.4, -0.2) is 12.0 Å². The molecule has 2 aromatic rings. The third-order valence-electron chi connectivity index (χ3n) is 2.40. The molecule has 1 heterocycles. The summed E-state index contributed by atoms with van der Waals surface area (Å²) in [5, 5.41) is 2.94. The van der Waals surface area contributed by atoms with E-state index in [0.717, 1.165) is 11.4 Å². The third-order valence-corrected chi connectivity index (χ3v) is 2.40. The largest absolute Gasteiger partial charge is 0.373 e. The van der Waals surface area contributed by atoms with Crippen molar-refractivity contribution >= 4 is 5.82 Å². The number of halogens is 1. The minimum atomic E-state index is -0.244. The Morgan fingerprint density at radius 3 is 2.75 bits per heavy atom. The molecule has 0 bridgehead atoms. The Morgan fingerprint density at radius 1 is 1.19 bits per heavy atom. The van der Waals surface area contributed by atoms with Gasteiger partial charge in [0.1, 0.15) is 11.6 Å². The Kier molecular flexibility index (Phi) is 2.86. The van der Waals surface area contributed by atoms with Crippen LogP contribution in [-0.2, 0) is 0 Å². The highest BCUT2D eigenvalue weighted by Gasteiger charge is 2.06. The van der Waals surface area contributed by atoms with Gasteiger partial charge in [0.15, 0.2) is 0 Å². The molecular formula is C13H13FN2. The van der Waals surface area contributed by atoms with Gasteiger partial charge >= 0.3 is 0 Å². The summed E-state index contributed by atoms with van der Waals surface area (Å²) in [4.78, 5) is 4.31. The predicted octanol–water partition coefficient (Wildman–Crippen LogP) is 3.24. The van der Waals surface area contributed by atoms with E-state index in [1.165, 1.54) is 6.07 Å². The summed E-state index contributed by atoms with van der Waals surface area (Å²) < 4.78 is 13.6. The van der Waals surface area contributed by atoms with Crippen molar-refractivity contribution in [3.8, 4) is 11.3 Å². The Bertz CT molecular complexity index is 509. The van der Waals surface area contributed by atoms with Gasteiger partial charge in [0.05, 0.1) is 5.69 Å². The number of rotatable bonds is 2. The predicted molar refractivity (Wildman–Crippen MR) is 63.9 cm³/mol. The van der Waals surface area contributed by atoms with Crippen LogP contribution in [0, 0.1) is 12.7 Å². The van der Waals surface area contributed by atoms with Gasteiger partial charge in [-0.15, -0.1) is 0 Å². The molecule has 0 saturated carbocycles. The molecule has 2 nitrogen and oxygen atoms in total. The molecule has 82 valence electrons. The summed E-state index contributed by atoms with van der Waals surface area (Å²) >= 11 is 0. The molecule has 16 heavy (non-hydrogen) atoms. The first-order valence-corrected chi connectivity index (χ1v) is 5.12. The van der Waals surface area contributed by atoms with E-state index in [0.29, 0.717) is 11.3 Å². The second-order valence-corrected chi connectivity index (χ2v) is 3.64. The molecule has 1 aromatic heterocycles. The number of benzene rings is 1. The maximum Gasteiger partial charge on any atom is 0.132 e. The molecular weight excluding hydrogens is 203 g/mol. The Morgan fingerprint density at radius 2 is 2.00 bits per heavy atom.